The lowest BCUT2D eigenvalue weighted by Crippen LogP contribution is -2.25. The number of hydrogen-bond acceptors (Lipinski definition) is 6. The van der Waals surface area contributed by atoms with Crippen LogP contribution in [0.1, 0.15) is 41.1 Å². The molecule has 110 valence electrons. The average molecular weight is 283 g/mol. The summed E-state index contributed by atoms with van der Waals surface area (Å²) in [4.78, 5) is 26.0. The highest BCUT2D eigenvalue weighted by Crippen LogP contribution is 2.23. The standard InChI is InChI=1S/C13H17NO6/c1-3-20-10(16)5-9(15)12(17)8-4-7(2)6-14-11(8)13(18)19/h4,6,9,12,15,17H,3,5H2,1-2H3,(H,18,19). The lowest BCUT2D eigenvalue weighted by atomic mass is 9.99. The van der Waals surface area contributed by atoms with Gasteiger partial charge in [-0.2, -0.15) is 0 Å². The van der Waals surface area contributed by atoms with Crippen LogP contribution in [0.3, 0.4) is 0 Å². The Morgan fingerprint density at radius 2 is 2.05 bits per heavy atom. The van der Waals surface area contributed by atoms with Crippen molar-refractivity contribution in [2.45, 2.75) is 32.5 Å². The molecule has 0 fully saturated rings. The minimum Gasteiger partial charge on any atom is -0.477 e. The van der Waals surface area contributed by atoms with Crippen molar-refractivity contribution in [3.63, 3.8) is 0 Å². The number of carboxylic acids is 1. The van der Waals surface area contributed by atoms with Gasteiger partial charge in [0.2, 0.25) is 0 Å². The Kier molecular flexibility index (Phi) is 5.60. The molecule has 1 rings (SSSR count). The van der Waals surface area contributed by atoms with E-state index in [4.69, 9.17) is 5.11 Å². The van der Waals surface area contributed by atoms with Gasteiger partial charge in [-0.1, -0.05) is 0 Å². The van der Waals surface area contributed by atoms with E-state index in [1.807, 2.05) is 0 Å². The van der Waals surface area contributed by atoms with Gasteiger partial charge in [0.25, 0.3) is 0 Å². The fourth-order valence-corrected chi connectivity index (χ4v) is 1.71. The maximum atomic E-state index is 11.2. The molecule has 1 heterocycles. The van der Waals surface area contributed by atoms with E-state index in [1.165, 1.54) is 12.3 Å². The summed E-state index contributed by atoms with van der Waals surface area (Å²) >= 11 is 0. The lowest BCUT2D eigenvalue weighted by Gasteiger charge is -2.19. The number of esters is 1. The van der Waals surface area contributed by atoms with Gasteiger partial charge in [0.1, 0.15) is 6.10 Å². The van der Waals surface area contributed by atoms with Crippen LogP contribution in [0.4, 0.5) is 0 Å². The zero-order valence-corrected chi connectivity index (χ0v) is 11.2. The molecular formula is C13H17NO6. The van der Waals surface area contributed by atoms with Crippen LogP contribution in [0.2, 0.25) is 0 Å². The van der Waals surface area contributed by atoms with Gasteiger partial charge in [-0.25, -0.2) is 9.78 Å². The molecule has 2 unspecified atom stereocenters. The molecule has 0 radical (unpaired) electrons. The Hall–Kier alpha value is -1.99. The Morgan fingerprint density at radius 3 is 2.60 bits per heavy atom. The molecule has 0 aliphatic rings. The first kappa shape index (κ1) is 16.1. The summed E-state index contributed by atoms with van der Waals surface area (Å²) in [6, 6.07) is 1.41. The number of ether oxygens (including phenoxy) is 1. The van der Waals surface area contributed by atoms with E-state index < -0.39 is 30.6 Å². The summed E-state index contributed by atoms with van der Waals surface area (Å²) in [7, 11) is 0. The minimum atomic E-state index is -1.53. The Morgan fingerprint density at radius 1 is 1.40 bits per heavy atom. The Bertz CT molecular complexity index is 502. The highest BCUT2D eigenvalue weighted by atomic mass is 16.5. The first-order valence-electron chi connectivity index (χ1n) is 6.08. The highest BCUT2D eigenvalue weighted by molar-refractivity contribution is 5.87. The van der Waals surface area contributed by atoms with Crippen molar-refractivity contribution in [3.05, 3.63) is 29.1 Å². The molecule has 0 saturated carbocycles. The predicted molar refractivity (Wildman–Crippen MR) is 68.1 cm³/mol. The summed E-state index contributed by atoms with van der Waals surface area (Å²) in [6.45, 7) is 3.45. The normalized spacial score (nSPS) is 13.6. The van der Waals surface area contributed by atoms with E-state index in [9.17, 15) is 19.8 Å². The van der Waals surface area contributed by atoms with Crippen molar-refractivity contribution in [2.75, 3.05) is 6.61 Å². The first-order chi connectivity index (χ1) is 9.36. The number of hydrogen-bond donors (Lipinski definition) is 3. The van der Waals surface area contributed by atoms with Crippen LogP contribution >= 0.6 is 0 Å². The van der Waals surface area contributed by atoms with Gasteiger partial charge in [0.05, 0.1) is 19.1 Å². The molecular weight excluding hydrogens is 266 g/mol. The van der Waals surface area contributed by atoms with Crippen LogP contribution in [-0.4, -0.2) is 45.0 Å². The van der Waals surface area contributed by atoms with Crippen LogP contribution < -0.4 is 0 Å². The predicted octanol–water partition coefficient (Wildman–Crippen LogP) is 0.436. The number of aliphatic hydroxyl groups is 2. The molecule has 3 N–H and O–H groups in total. The molecule has 0 amide bonds. The topological polar surface area (TPSA) is 117 Å². The van der Waals surface area contributed by atoms with Crippen molar-refractivity contribution < 1.29 is 29.6 Å². The minimum absolute atomic E-state index is 0.0331. The third-order valence-electron chi connectivity index (χ3n) is 2.62. The number of aryl methyl sites for hydroxylation is 1. The van der Waals surface area contributed by atoms with E-state index >= 15 is 0 Å². The van der Waals surface area contributed by atoms with Crippen molar-refractivity contribution in [2.24, 2.45) is 0 Å². The lowest BCUT2D eigenvalue weighted by molar-refractivity contribution is -0.147. The number of carbonyl (C=O) groups is 2. The molecule has 7 heteroatoms. The molecule has 20 heavy (non-hydrogen) atoms. The van der Waals surface area contributed by atoms with E-state index in [2.05, 4.69) is 9.72 Å². The van der Waals surface area contributed by atoms with Gasteiger partial charge in [0, 0.05) is 11.8 Å². The molecule has 0 saturated heterocycles. The molecule has 2 atom stereocenters. The van der Waals surface area contributed by atoms with Crippen LogP contribution in [0.25, 0.3) is 0 Å². The second kappa shape index (κ2) is 6.97. The maximum absolute atomic E-state index is 11.2. The Balaban J connectivity index is 2.95. The molecule has 0 bridgehead atoms. The largest absolute Gasteiger partial charge is 0.477 e. The van der Waals surface area contributed by atoms with Crippen molar-refractivity contribution in [3.8, 4) is 0 Å². The van der Waals surface area contributed by atoms with Gasteiger partial charge < -0.3 is 20.1 Å². The molecule has 0 spiro atoms. The van der Waals surface area contributed by atoms with E-state index in [0.717, 1.165) is 0 Å². The van der Waals surface area contributed by atoms with Crippen LogP contribution in [-0.2, 0) is 9.53 Å². The zero-order valence-electron chi connectivity index (χ0n) is 11.2. The quantitative estimate of drug-likeness (QED) is 0.648. The number of rotatable bonds is 6. The van der Waals surface area contributed by atoms with Crippen molar-refractivity contribution in [1.82, 2.24) is 4.98 Å². The summed E-state index contributed by atoms with van der Waals surface area (Å²) in [5, 5.41) is 28.8. The molecule has 0 aliphatic carbocycles. The molecule has 0 aliphatic heterocycles. The monoisotopic (exact) mass is 283 g/mol. The summed E-state index contributed by atoms with van der Waals surface area (Å²) in [5.41, 5.74) is 0.243. The summed E-state index contributed by atoms with van der Waals surface area (Å²) < 4.78 is 4.66. The third kappa shape index (κ3) is 4.01. The fourth-order valence-electron chi connectivity index (χ4n) is 1.71. The SMILES string of the molecule is CCOC(=O)CC(O)C(O)c1cc(C)cnc1C(=O)O. The number of carbonyl (C=O) groups excluding carboxylic acids is 1. The zero-order chi connectivity index (χ0) is 15.3. The van der Waals surface area contributed by atoms with Crippen molar-refractivity contribution in [1.29, 1.82) is 0 Å². The van der Waals surface area contributed by atoms with Crippen molar-refractivity contribution >= 4 is 11.9 Å². The van der Waals surface area contributed by atoms with Gasteiger partial charge in [-0.05, 0) is 25.5 Å². The molecule has 1 aromatic rings. The van der Waals surface area contributed by atoms with Crippen LogP contribution in [0.15, 0.2) is 12.3 Å². The molecule has 7 nitrogen and oxygen atoms in total. The summed E-state index contributed by atoms with van der Waals surface area (Å²) in [5.74, 6) is -1.99. The molecule has 1 aromatic heterocycles. The number of aliphatic hydroxyl groups excluding tert-OH is 2. The number of nitrogens with zero attached hydrogens (tertiary/aromatic N) is 1. The highest BCUT2D eigenvalue weighted by Gasteiger charge is 2.27. The van der Waals surface area contributed by atoms with E-state index in [0.29, 0.717) is 5.56 Å². The van der Waals surface area contributed by atoms with Gasteiger partial charge in [-0.3, -0.25) is 4.79 Å². The van der Waals surface area contributed by atoms with Crippen LogP contribution in [0, 0.1) is 6.92 Å². The number of aromatic nitrogens is 1. The van der Waals surface area contributed by atoms with Gasteiger partial charge >= 0.3 is 11.9 Å². The van der Waals surface area contributed by atoms with E-state index in [1.54, 1.807) is 13.8 Å². The van der Waals surface area contributed by atoms with E-state index in [-0.39, 0.29) is 17.9 Å². The number of aromatic carboxylic acids is 1. The average Bonchev–Trinajstić information content (AvgIpc) is 2.37. The fraction of sp³-hybridized carbons (Fsp3) is 0.462. The Labute approximate surface area is 115 Å². The summed E-state index contributed by atoms with van der Waals surface area (Å²) in [6.07, 6.45) is -2.08. The number of pyridine rings is 1. The first-order valence-corrected chi connectivity index (χ1v) is 6.08. The second-order valence-electron chi connectivity index (χ2n) is 4.28. The second-order valence-corrected chi connectivity index (χ2v) is 4.28. The maximum Gasteiger partial charge on any atom is 0.354 e. The van der Waals surface area contributed by atoms with Gasteiger partial charge in [-0.15, -0.1) is 0 Å². The third-order valence-corrected chi connectivity index (χ3v) is 2.62. The number of carboxylic acid groups (broad SMARTS) is 1. The molecule has 0 aromatic carbocycles. The van der Waals surface area contributed by atoms with Gasteiger partial charge in [0.15, 0.2) is 5.69 Å². The van der Waals surface area contributed by atoms with Crippen LogP contribution in [0.5, 0.6) is 0 Å². The smallest absolute Gasteiger partial charge is 0.354 e.